The first-order valence-electron chi connectivity index (χ1n) is 7.02. The molecule has 0 N–H and O–H groups in total. The van der Waals surface area contributed by atoms with E-state index in [2.05, 4.69) is 0 Å². The Kier molecular flexibility index (Phi) is 3.80. The normalized spacial score (nSPS) is 30.7. The van der Waals surface area contributed by atoms with Crippen LogP contribution in [0.15, 0.2) is 0 Å². The summed E-state index contributed by atoms with van der Waals surface area (Å²) in [5.74, 6) is -0.489. The van der Waals surface area contributed by atoms with Crippen molar-refractivity contribution in [3.8, 4) is 0 Å². The van der Waals surface area contributed by atoms with Crippen LogP contribution in [0.25, 0.3) is 0 Å². The van der Waals surface area contributed by atoms with Gasteiger partial charge in [-0.3, -0.25) is 0 Å². The second-order valence-corrected chi connectivity index (χ2v) is 6.60. The molecule has 19 heavy (non-hydrogen) atoms. The lowest BCUT2D eigenvalue weighted by Gasteiger charge is -2.46. The Morgan fingerprint density at radius 2 is 1.63 bits per heavy atom. The zero-order valence-electron chi connectivity index (χ0n) is 12.6. The van der Waals surface area contributed by atoms with E-state index in [1.54, 1.807) is 0 Å². The van der Waals surface area contributed by atoms with Crippen molar-refractivity contribution in [2.75, 3.05) is 13.2 Å². The molecule has 110 valence electrons. The number of hydrogen-bond acceptors (Lipinski definition) is 4. The number of rotatable bonds is 0. The number of piperidine rings is 1. The van der Waals surface area contributed by atoms with Crippen molar-refractivity contribution in [1.82, 2.24) is 4.90 Å². The number of hydrogen-bond donors (Lipinski definition) is 0. The summed E-state index contributed by atoms with van der Waals surface area (Å²) < 4.78 is 17.0. The molecule has 0 aromatic carbocycles. The Balaban J connectivity index is 2.05. The van der Waals surface area contributed by atoms with Gasteiger partial charge in [0.2, 0.25) is 0 Å². The van der Waals surface area contributed by atoms with Gasteiger partial charge in [0.05, 0.1) is 13.2 Å². The lowest BCUT2D eigenvalue weighted by atomic mass is 9.92. The van der Waals surface area contributed by atoms with Crippen LogP contribution in [0.4, 0.5) is 4.79 Å². The van der Waals surface area contributed by atoms with Crippen molar-refractivity contribution in [3.05, 3.63) is 0 Å². The van der Waals surface area contributed by atoms with Crippen molar-refractivity contribution in [1.29, 1.82) is 0 Å². The summed E-state index contributed by atoms with van der Waals surface area (Å²) in [6, 6.07) is 0.105. The molecular weight excluding hydrogens is 246 g/mol. The van der Waals surface area contributed by atoms with Crippen LogP contribution in [0.3, 0.4) is 0 Å². The maximum Gasteiger partial charge on any atom is 0.410 e. The average molecular weight is 271 g/mol. The molecule has 2 fully saturated rings. The minimum absolute atomic E-state index is 0.0525. The van der Waals surface area contributed by atoms with Gasteiger partial charge in [-0.1, -0.05) is 0 Å². The number of carbonyl (C=O) groups excluding carboxylic acids is 1. The summed E-state index contributed by atoms with van der Waals surface area (Å²) in [4.78, 5) is 14.1. The van der Waals surface area contributed by atoms with E-state index in [1.807, 2.05) is 39.5 Å². The third-order valence-electron chi connectivity index (χ3n) is 3.58. The number of nitrogens with zero attached hydrogens (tertiary/aromatic N) is 1. The Morgan fingerprint density at radius 3 is 2.05 bits per heavy atom. The van der Waals surface area contributed by atoms with Crippen LogP contribution in [-0.2, 0) is 14.2 Å². The van der Waals surface area contributed by atoms with Crippen LogP contribution in [-0.4, -0.2) is 47.7 Å². The highest BCUT2D eigenvalue weighted by molar-refractivity contribution is 5.69. The van der Waals surface area contributed by atoms with E-state index in [9.17, 15) is 4.79 Å². The molecule has 2 aliphatic heterocycles. The fraction of sp³-hybridized carbons (Fsp3) is 0.929. The minimum atomic E-state index is -0.489. The lowest BCUT2D eigenvalue weighted by molar-refractivity contribution is -0.202. The Bertz CT molecular complexity index is 330. The fourth-order valence-electron chi connectivity index (χ4n) is 3.02. The van der Waals surface area contributed by atoms with Crippen molar-refractivity contribution in [2.24, 2.45) is 0 Å². The summed E-state index contributed by atoms with van der Waals surface area (Å²) >= 11 is 0. The van der Waals surface area contributed by atoms with Crippen LogP contribution in [0, 0.1) is 0 Å². The topological polar surface area (TPSA) is 48.0 Å². The second-order valence-electron chi connectivity index (χ2n) is 6.60. The Morgan fingerprint density at radius 1 is 1.16 bits per heavy atom. The maximum absolute atomic E-state index is 12.3. The van der Waals surface area contributed by atoms with Gasteiger partial charge in [-0.25, -0.2) is 4.79 Å². The predicted molar refractivity (Wildman–Crippen MR) is 70.9 cm³/mol. The quantitative estimate of drug-likeness (QED) is 0.679. The molecule has 1 spiro atoms. The van der Waals surface area contributed by atoms with Crippen LogP contribution in [0.1, 0.15) is 47.5 Å². The van der Waals surface area contributed by atoms with E-state index in [1.165, 1.54) is 0 Å². The van der Waals surface area contributed by atoms with E-state index in [4.69, 9.17) is 14.2 Å². The number of amides is 1. The van der Waals surface area contributed by atoms with E-state index in [0.29, 0.717) is 26.1 Å². The molecule has 1 amide bonds. The van der Waals surface area contributed by atoms with Gasteiger partial charge in [-0.2, -0.15) is 0 Å². The molecule has 0 bridgehead atoms. The summed E-state index contributed by atoms with van der Waals surface area (Å²) in [6.45, 7) is 11.0. The van der Waals surface area contributed by atoms with Gasteiger partial charge in [-0.05, 0) is 34.6 Å². The predicted octanol–water partition coefficient (Wildman–Crippen LogP) is 2.54. The standard InChI is InChI=1S/C14H25NO4/c1-10-8-14(17-6-7-18-14)9-11(2)15(10)12(16)19-13(3,4)5/h10-11H,6-9H2,1-5H3. The molecule has 2 rings (SSSR count). The molecule has 2 saturated heterocycles. The molecular formula is C14H25NO4. The van der Waals surface area contributed by atoms with Gasteiger partial charge >= 0.3 is 6.09 Å². The molecule has 0 radical (unpaired) electrons. The highest BCUT2D eigenvalue weighted by Gasteiger charge is 2.48. The molecule has 0 saturated carbocycles. The molecule has 2 atom stereocenters. The summed E-state index contributed by atoms with van der Waals surface area (Å²) in [5, 5.41) is 0. The highest BCUT2D eigenvalue weighted by Crippen LogP contribution is 2.38. The Hall–Kier alpha value is -0.810. The largest absolute Gasteiger partial charge is 0.444 e. The number of likely N-dealkylation sites (tertiary alicyclic amines) is 1. The van der Waals surface area contributed by atoms with Gasteiger partial charge in [0.1, 0.15) is 5.60 Å². The molecule has 0 aromatic heterocycles. The average Bonchev–Trinajstić information content (AvgIpc) is 2.61. The van der Waals surface area contributed by atoms with Crippen LogP contribution >= 0.6 is 0 Å². The van der Waals surface area contributed by atoms with Crippen molar-refractivity contribution in [3.63, 3.8) is 0 Å². The second kappa shape index (κ2) is 4.94. The summed E-state index contributed by atoms with van der Waals surface area (Å²) in [5.41, 5.74) is -0.466. The lowest BCUT2D eigenvalue weighted by Crippen LogP contribution is -2.57. The first kappa shape index (κ1) is 14.6. The van der Waals surface area contributed by atoms with E-state index in [0.717, 1.165) is 0 Å². The third kappa shape index (κ3) is 3.20. The summed E-state index contributed by atoms with van der Waals surface area (Å²) in [7, 11) is 0. The molecule has 0 aromatic rings. The first-order valence-corrected chi connectivity index (χ1v) is 7.02. The van der Waals surface area contributed by atoms with Crippen LogP contribution < -0.4 is 0 Å². The van der Waals surface area contributed by atoms with Gasteiger partial charge in [0, 0.05) is 24.9 Å². The molecule has 2 heterocycles. The highest BCUT2D eigenvalue weighted by atomic mass is 16.7. The van der Waals surface area contributed by atoms with Gasteiger partial charge in [0.15, 0.2) is 5.79 Å². The van der Waals surface area contributed by atoms with Crippen LogP contribution in [0.2, 0.25) is 0 Å². The minimum Gasteiger partial charge on any atom is -0.444 e. The van der Waals surface area contributed by atoms with Crippen molar-refractivity contribution < 1.29 is 19.0 Å². The molecule has 5 heteroatoms. The smallest absolute Gasteiger partial charge is 0.410 e. The van der Waals surface area contributed by atoms with Gasteiger partial charge in [-0.15, -0.1) is 0 Å². The van der Waals surface area contributed by atoms with E-state index >= 15 is 0 Å². The molecule has 2 unspecified atom stereocenters. The summed E-state index contributed by atoms with van der Waals surface area (Å²) in [6.07, 6.45) is 1.16. The van der Waals surface area contributed by atoms with Crippen molar-refractivity contribution >= 4 is 6.09 Å². The van der Waals surface area contributed by atoms with Gasteiger partial charge in [0.25, 0.3) is 0 Å². The maximum atomic E-state index is 12.3. The van der Waals surface area contributed by atoms with Crippen molar-refractivity contribution in [2.45, 2.75) is 70.9 Å². The molecule has 0 aliphatic carbocycles. The number of carbonyl (C=O) groups is 1. The van der Waals surface area contributed by atoms with E-state index in [-0.39, 0.29) is 18.2 Å². The third-order valence-corrected chi connectivity index (χ3v) is 3.58. The molecule has 5 nitrogen and oxygen atoms in total. The Labute approximate surface area is 115 Å². The molecule has 2 aliphatic rings. The zero-order chi connectivity index (χ0) is 14.3. The monoisotopic (exact) mass is 271 g/mol. The fourth-order valence-corrected chi connectivity index (χ4v) is 3.02. The van der Waals surface area contributed by atoms with Crippen LogP contribution in [0.5, 0.6) is 0 Å². The van der Waals surface area contributed by atoms with Gasteiger partial charge < -0.3 is 19.1 Å². The SMILES string of the molecule is CC1CC2(CC(C)N1C(=O)OC(C)(C)C)OCCO2. The van der Waals surface area contributed by atoms with E-state index < -0.39 is 11.4 Å². The number of ether oxygens (including phenoxy) is 3. The first-order chi connectivity index (χ1) is 8.72. The zero-order valence-corrected chi connectivity index (χ0v) is 12.6.